The van der Waals surface area contributed by atoms with Gasteiger partial charge >= 0.3 is 0 Å². The predicted octanol–water partition coefficient (Wildman–Crippen LogP) is 2.15. The summed E-state index contributed by atoms with van der Waals surface area (Å²) < 4.78 is 1.55. The highest BCUT2D eigenvalue weighted by Gasteiger charge is 2.28. The van der Waals surface area contributed by atoms with Gasteiger partial charge in [-0.3, -0.25) is 9.59 Å². The average molecular weight is 542 g/mol. The van der Waals surface area contributed by atoms with Crippen molar-refractivity contribution in [3.63, 3.8) is 0 Å². The number of hydrogen-bond donors (Lipinski definition) is 6. The Morgan fingerprint density at radius 2 is 1.76 bits per heavy atom. The molecule has 0 bridgehead atoms. The standard InChI is InChI=1S/C25H32ClN9O3/c1-13(36)22(27)25(38)32-16-6-4-15(5-7-16)31-21-11-18(30-14-2-3-14)23-29-12-19(35(23)34-21)24(37)33-17-8-9-28-20(26)10-17/h8-16,22,30,36H,2-7,27H2,1H3,(H,31,34)(H,32,38)(H,28,33,37)/t13?,15?,16?,22-/m0/s1. The number of nitrogens with zero attached hydrogens (tertiary/aromatic N) is 4. The molecule has 3 aromatic heterocycles. The van der Waals surface area contributed by atoms with Gasteiger partial charge in [0.1, 0.15) is 17.0 Å². The van der Waals surface area contributed by atoms with E-state index in [4.69, 9.17) is 22.4 Å². The van der Waals surface area contributed by atoms with Gasteiger partial charge in [-0.05, 0) is 57.6 Å². The number of pyridine rings is 1. The lowest BCUT2D eigenvalue weighted by molar-refractivity contribution is -0.125. The molecule has 2 aliphatic carbocycles. The molecule has 2 atom stereocenters. The molecule has 2 saturated carbocycles. The Kier molecular flexibility index (Phi) is 7.63. The number of imidazole rings is 1. The second-order valence-electron chi connectivity index (χ2n) is 10.0. The van der Waals surface area contributed by atoms with E-state index in [1.54, 1.807) is 16.6 Å². The zero-order valence-corrected chi connectivity index (χ0v) is 21.8. The molecule has 0 aromatic carbocycles. The van der Waals surface area contributed by atoms with Crippen molar-refractivity contribution in [2.24, 2.45) is 5.73 Å². The molecule has 0 spiro atoms. The van der Waals surface area contributed by atoms with Crippen LogP contribution in [0.2, 0.25) is 5.15 Å². The molecule has 0 radical (unpaired) electrons. The highest BCUT2D eigenvalue weighted by molar-refractivity contribution is 6.29. The molecule has 5 rings (SSSR count). The maximum Gasteiger partial charge on any atom is 0.276 e. The summed E-state index contributed by atoms with van der Waals surface area (Å²) in [7, 11) is 0. The molecule has 0 aliphatic heterocycles. The highest BCUT2D eigenvalue weighted by Crippen LogP contribution is 2.30. The first-order valence-electron chi connectivity index (χ1n) is 12.9. The SMILES string of the molecule is CC(O)[C@H](N)C(=O)NC1CCC(Nc2cc(NC3CC3)c3ncc(C(=O)Nc4ccnc(Cl)c4)n3n2)CC1. The maximum absolute atomic E-state index is 13.1. The van der Waals surface area contributed by atoms with Crippen molar-refractivity contribution in [2.45, 2.75) is 75.7 Å². The topological polar surface area (TPSA) is 172 Å². The Bertz CT molecular complexity index is 1320. The molecule has 2 aliphatic rings. The van der Waals surface area contributed by atoms with Gasteiger partial charge in [0.15, 0.2) is 11.3 Å². The number of fused-ring (bicyclic) bond motifs is 1. The van der Waals surface area contributed by atoms with E-state index in [1.807, 2.05) is 6.07 Å². The minimum Gasteiger partial charge on any atom is -0.391 e. The third-order valence-electron chi connectivity index (χ3n) is 6.87. The fraction of sp³-hybridized carbons (Fsp3) is 0.480. The molecule has 1 unspecified atom stereocenters. The third kappa shape index (κ3) is 6.14. The fourth-order valence-electron chi connectivity index (χ4n) is 4.53. The van der Waals surface area contributed by atoms with Gasteiger partial charge in [-0.1, -0.05) is 11.6 Å². The quantitative estimate of drug-likeness (QED) is 0.222. The van der Waals surface area contributed by atoms with Crippen LogP contribution in [0.1, 0.15) is 55.9 Å². The van der Waals surface area contributed by atoms with Crippen LogP contribution >= 0.6 is 11.6 Å². The van der Waals surface area contributed by atoms with Crippen molar-refractivity contribution in [3.05, 3.63) is 41.4 Å². The molecule has 7 N–H and O–H groups in total. The van der Waals surface area contributed by atoms with Crippen molar-refractivity contribution in [1.82, 2.24) is 24.9 Å². The minimum atomic E-state index is -0.934. The van der Waals surface area contributed by atoms with Gasteiger partial charge in [0.25, 0.3) is 5.91 Å². The smallest absolute Gasteiger partial charge is 0.276 e. The summed E-state index contributed by atoms with van der Waals surface area (Å²) in [6.45, 7) is 1.51. The van der Waals surface area contributed by atoms with E-state index >= 15 is 0 Å². The lowest BCUT2D eigenvalue weighted by Gasteiger charge is -2.31. The van der Waals surface area contributed by atoms with Crippen LogP contribution in [0.15, 0.2) is 30.6 Å². The van der Waals surface area contributed by atoms with E-state index < -0.39 is 12.1 Å². The van der Waals surface area contributed by atoms with Gasteiger partial charge in [-0.2, -0.15) is 0 Å². The monoisotopic (exact) mass is 541 g/mol. The summed E-state index contributed by atoms with van der Waals surface area (Å²) in [5.41, 5.74) is 7.94. The zero-order chi connectivity index (χ0) is 26.8. The highest BCUT2D eigenvalue weighted by atomic mass is 35.5. The van der Waals surface area contributed by atoms with Crippen LogP contribution < -0.4 is 27.0 Å². The number of amides is 2. The van der Waals surface area contributed by atoms with Gasteiger partial charge in [0, 0.05) is 36.1 Å². The number of rotatable bonds is 9. The first kappa shape index (κ1) is 26.1. The van der Waals surface area contributed by atoms with Gasteiger partial charge < -0.3 is 32.1 Å². The molecule has 2 amide bonds. The number of aliphatic hydroxyl groups excluding tert-OH is 1. The second-order valence-corrected chi connectivity index (χ2v) is 10.4. The first-order chi connectivity index (χ1) is 18.3. The number of carbonyl (C=O) groups excluding carboxylic acids is 2. The molecular formula is C25H32ClN9O3. The van der Waals surface area contributed by atoms with E-state index in [0.29, 0.717) is 23.2 Å². The van der Waals surface area contributed by atoms with Crippen LogP contribution in [-0.2, 0) is 4.79 Å². The number of aliphatic hydroxyl groups is 1. The van der Waals surface area contributed by atoms with Gasteiger partial charge in [0.2, 0.25) is 5.91 Å². The van der Waals surface area contributed by atoms with Gasteiger partial charge in [-0.25, -0.2) is 14.5 Å². The first-order valence-corrected chi connectivity index (χ1v) is 13.2. The molecule has 202 valence electrons. The lowest BCUT2D eigenvalue weighted by Crippen LogP contribution is -2.51. The summed E-state index contributed by atoms with van der Waals surface area (Å²) in [4.78, 5) is 33.7. The molecule has 38 heavy (non-hydrogen) atoms. The number of aromatic nitrogens is 4. The Labute approximate surface area is 224 Å². The van der Waals surface area contributed by atoms with Crippen molar-refractivity contribution in [2.75, 3.05) is 16.0 Å². The minimum absolute atomic E-state index is 0.0125. The Morgan fingerprint density at radius 1 is 1.08 bits per heavy atom. The van der Waals surface area contributed by atoms with Crippen LogP contribution in [0.3, 0.4) is 0 Å². The van der Waals surface area contributed by atoms with Crippen LogP contribution in [0.4, 0.5) is 17.2 Å². The van der Waals surface area contributed by atoms with E-state index in [9.17, 15) is 14.7 Å². The number of nitrogens with two attached hydrogens (primary N) is 1. The summed E-state index contributed by atoms with van der Waals surface area (Å²) in [5, 5.41) is 27.3. The summed E-state index contributed by atoms with van der Waals surface area (Å²) in [6.07, 6.45) is 7.49. The van der Waals surface area contributed by atoms with Crippen molar-refractivity contribution < 1.29 is 14.7 Å². The van der Waals surface area contributed by atoms with Crippen molar-refractivity contribution in [3.8, 4) is 0 Å². The molecule has 3 aromatic rings. The second kappa shape index (κ2) is 11.1. The maximum atomic E-state index is 13.1. The molecule has 3 heterocycles. The van der Waals surface area contributed by atoms with Crippen LogP contribution in [0.5, 0.6) is 0 Å². The van der Waals surface area contributed by atoms with Gasteiger partial charge in [0.05, 0.1) is 18.0 Å². The van der Waals surface area contributed by atoms with Gasteiger partial charge in [-0.15, -0.1) is 5.10 Å². The van der Waals surface area contributed by atoms with E-state index in [1.165, 1.54) is 19.3 Å². The van der Waals surface area contributed by atoms with Crippen LogP contribution in [-0.4, -0.2) is 66.8 Å². The number of nitrogens with one attached hydrogen (secondary N) is 4. The molecule has 12 nitrogen and oxygen atoms in total. The molecular weight excluding hydrogens is 510 g/mol. The Balaban J connectivity index is 1.30. The Morgan fingerprint density at radius 3 is 2.45 bits per heavy atom. The predicted molar refractivity (Wildman–Crippen MR) is 144 cm³/mol. The Hall–Kier alpha value is -3.48. The lowest BCUT2D eigenvalue weighted by atomic mass is 9.91. The number of halogens is 1. The van der Waals surface area contributed by atoms with Crippen LogP contribution in [0, 0.1) is 0 Å². The number of anilines is 3. The van der Waals surface area contributed by atoms with Crippen molar-refractivity contribution in [1.29, 1.82) is 0 Å². The summed E-state index contributed by atoms with van der Waals surface area (Å²) in [5.74, 6) is -0.0732. The van der Waals surface area contributed by atoms with Crippen LogP contribution in [0.25, 0.3) is 5.65 Å². The average Bonchev–Trinajstić information content (AvgIpc) is 3.59. The molecule has 13 heteroatoms. The van der Waals surface area contributed by atoms with E-state index in [-0.39, 0.29) is 34.7 Å². The normalized spacial score (nSPS) is 20.9. The third-order valence-corrected chi connectivity index (χ3v) is 7.08. The van der Waals surface area contributed by atoms with Crippen molar-refractivity contribution >= 4 is 46.3 Å². The number of carbonyl (C=O) groups is 2. The summed E-state index contributed by atoms with van der Waals surface area (Å²) >= 11 is 5.95. The number of hydrogen-bond acceptors (Lipinski definition) is 9. The largest absolute Gasteiger partial charge is 0.391 e. The molecule has 2 fully saturated rings. The zero-order valence-electron chi connectivity index (χ0n) is 21.0. The summed E-state index contributed by atoms with van der Waals surface area (Å²) in [6, 6.07) is 4.76. The molecule has 0 saturated heterocycles. The van der Waals surface area contributed by atoms with E-state index in [0.717, 1.165) is 44.2 Å². The van der Waals surface area contributed by atoms with E-state index in [2.05, 4.69) is 31.2 Å². The fourth-order valence-corrected chi connectivity index (χ4v) is 4.70.